The van der Waals surface area contributed by atoms with Crippen LogP contribution in [0.4, 0.5) is 18.0 Å². The highest BCUT2D eigenvalue weighted by molar-refractivity contribution is 5.87. The molecule has 3 aromatic heterocycles. The predicted molar refractivity (Wildman–Crippen MR) is 118 cm³/mol. The average Bonchev–Trinajstić information content (AvgIpc) is 3.12. The molecule has 4 aromatic rings. The minimum atomic E-state index is -4.66. The molecule has 14 heteroatoms. The SMILES string of the molecule is CC(C)(C)OC(=O)Cc1nn(Cc2nc3cc(C(F)(F)F)ccc3n2C(=O)O)c(=O)c2nccnc12. The molecule has 0 fully saturated rings. The number of imidazole rings is 1. The summed E-state index contributed by atoms with van der Waals surface area (Å²) in [7, 11) is 0. The Hall–Kier alpha value is -4.36. The average molecular weight is 504 g/mol. The van der Waals surface area contributed by atoms with Crippen LogP contribution >= 0.6 is 0 Å². The maximum atomic E-state index is 13.1. The Kier molecular flexibility index (Phi) is 5.98. The lowest BCUT2D eigenvalue weighted by atomic mass is 10.2. The number of halogens is 3. The second-order valence-electron chi connectivity index (χ2n) is 8.77. The van der Waals surface area contributed by atoms with Crippen LogP contribution in [0.1, 0.15) is 37.9 Å². The first-order chi connectivity index (χ1) is 16.7. The summed E-state index contributed by atoms with van der Waals surface area (Å²) in [5, 5.41) is 13.9. The Labute approximate surface area is 200 Å². The van der Waals surface area contributed by atoms with Gasteiger partial charge in [-0.05, 0) is 39.0 Å². The Morgan fingerprint density at radius 3 is 2.36 bits per heavy atom. The Balaban J connectivity index is 1.83. The van der Waals surface area contributed by atoms with Crippen molar-refractivity contribution in [2.75, 3.05) is 0 Å². The maximum Gasteiger partial charge on any atom is 0.417 e. The van der Waals surface area contributed by atoms with Crippen molar-refractivity contribution in [3.63, 3.8) is 0 Å². The zero-order valence-corrected chi connectivity index (χ0v) is 19.2. The van der Waals surface area contributed by atoms with E-state index in [9.17, 15) is 32.7 Å². The first-order valence-corrected chi connectivity index (χ1v) is 10.5. The highest BCUT2D eigenvalue weighted by atomic mass is 19.4. The largest absolute Gasteiger partial charge is 0.464 e. The number of alkyl halides is 3. The van der Waals surface area contributed by atoms with Gasteiger partial charge < -0.3 is 9.84 Å². The van der Waals surface area contributed by atoms with E-state index in [0.717, 1.165) is 16.8 Å². The van der Waals surface area contributed by atoms with Gasteiger partial charge in [0.15, 0.2) is 5.52 Å². The number of fused-ring (bicyclic) bond motifs is 2. The molecule has 188 valence electrons. The van der Waals surface area contributed by atoms with E-state index in [-0.39, 0.29) is 40.0 Å². The molecule has 11 nitrogen and oxygen atoms in total. The number of hydrogen-bond donors (Lipinski definition) is 1. The van der Waals surface area contributed by atoms with Gasteiger partial charge in [-0.15, -0.1) is 0 Å². The summed E-state index contributed by atoms with van der Waals surface area (Å²) in [6.07, 6.45) is -3.97. The number of aromatic nitrogens is 6. The third-order valence-corrected chi connectivity index (χ3v) is 4.92. The fourth-order valence-electron chi connectivity index (χ4n) is 3.57. The Morgan fingerprint density at radius 1 is 1.08 bits per heavy atom. The third-order valence-electron chi connectivity index (χ3n) is 4.92. The third kappa shape index (κ3) is 4.87. The van der Waals surface area contributed by atoms with Crippen LogP contribution in [-0.4, -0.2) is 52.1 Å². The lowest BCUT2D eigenvalue weighted by Gasteiger charge is -2.19. The first kappa shape index (κ1) is 24.8. The summed E-state index contributed by atoms with van der Waals surface area (Å²) in [5.74, 6) is -0.914. The van der Waals surface area contributed by atoms with Gasteiger partial charge in [0.1, 0.15) is 29.2 Å². The van der Waals surface area contributed by atoms with Gasteiger partial charge in [-0.3, -0.25) is 14.6 Å². The molecule has 0 saturated carbocycles. The molecular weight excluding hydrogens is 485 g/mol. The van der Waals surface area contributed by atoms with E-state index in [1.807, 2.05) is 0 Å². The van der Waals surface area contributed by atoms with Crippen LogP contribution in [0.5, 0.6) is 0 Å². The van der Waals surface area contributed by atoms with Gasteiger partial charge in [0.05, 0.1) is 23.0 Å². The highest BCUT2D eigenvalue weighted by Gasteiger charge is 2.31. The molecule has 0 atom stereocenters. The second kappa shape index (κ2) is 8.70. The fraction of sp³-hybridized carbons (Fsp3) is 0.318. The number of benzene rings is 1. The van der Waals surface area contributed by atoms with Crippen molar-refractivity contribution in [3.05, 3.63) is 58.0 Å². The summed E-state index contributed by atoms with van der Waals surface area (Å²) in [6.45, 7) is 4.50. The molecule has 0 aliphatic carbocycles. The number of esters is 1. The van der Waals surface area contributed by atoms with Gasteiger partial charge in [0.2, 0.25) is 0 Å². The molecule has 0 aliphatic rings. The summed E-state index contributed by atoms with van der Waals surface area (Å²) in [5.41, 5.74) is -2.91. The minimum Gasteiger partial charge on any atom is -0.464 e. The van der Waals surface area contributed by atoms with Crippen LogP contribution in [0.3, 0.4) is 0 Å². The van der Waals surface area contributed by atoms with Gasteiger partial charge in [-0.25, -0.2) is 24.0 Å². The lowest BCUT2D eigenvalue weighted by molar-refractivity contribution is -0.154. The first-order valence-electron chi connectivity index (χ1n) is 10.5. The van der Waals surface area contributed by atoms with E-state index >= 15 is 0 Å². The normalized spacial score (nSPS) is 12.3. The highest BCUT2D eigenvalue weighted by Crippen LogP contribution is 2.31. The number of carboxylic acid groups (broad SMARTS) is 1. The molecule has 1 N–H and O–H groups in total. The zero-order chi connectivity index (χ0) is 26.4. The van der Waals surface area contributed by atoms with E-state index in [0.29, 0.717) is 10.6 Å². The Morgan fingerprint density at radius 2 is 1.75 bits per heavy atom. The van der Waals surface area contributed by atoms with Crippen molar-refractivity contribution in [2.45, 2.75) is 45.5 Å². The van der Waals surface area contributed by atoms with Crippen LogP contribution in [0.15, 0.2) is 35.4 Å². The lowest BCUT2D eigenvalue weighted by Crippen LogP contribution is -2.30. The van der Waals surface area contributed by atoms with Crippen molar-refractivity contribution in [1.82, 2.24) is 29.3 Å². The number of hydrogen-bond acceptors (Lipinski definition) is 8. The molecule has 0 amide bonds. The van der Waals surface area contributed by atoms with Crippen LogP contribution in [-0.2, 0) is 28.7 Å². The summed E-state index contributed by atoms with van der Waals surface area (Å²) >= 11 is 0. The molecule has 0 unspecified atom stereocenters. The molecule has 0 bridgehead atoms. The van der Waals surface area contributed by atoms with Crippen LogP contribution < -0.4 is 5.56 Å². The van der Waals surface area contributed by atoms with E-state index in [1.54, 1.807) is 20.8 Å². The van der Waals surface area contributed by atoms with Crippen LogP contribution in [0.2, 0.25) is 0 Å². The number of carbonyl (C=O) groups excluding carboxylic acids is 1. The summed E-state index contributed by atoms with van der Waals surface area (Å²) in [6, 6.07) is 2.44. The van der Waals surface area contributed by atoms with E-state index in [2.05, 4.69) is 20.1 Å². The van der Waals surface area contributed by atoms with Gasteiger partial charge in [-0.2, -0.15) is 18.3 Å². The quantitative estimate of drug-likeness (QED) is 0.415. The summed E-state index contributed by atoms with van der Waals surface area (Å²) < 4.78 is 46.2. The van der Waals surface area contributed by atoms with Gasteiger partial charge in [0.25, 0.3) is 5.56 Å². The molecule has 3 heterocycles. The maximum absolute atomic E-state index is 13.1. The standard InChI is InChI=1S/C22H19F3N6O5/c1-21(2,3)36-16(32)9-13-17-18(27-7-6-26-17)19(33)30(29-13)10-15-28-12-8-11(22(23,24)25)4-5-14(12)31(15)20(34)35/h4-8H,9-10H2,1-3H3,(H,34,35). The van der Waals surface area contributed by atoms with Gasteiger partial charge in [0, 0.05) is 12.4 Å². The van der Waals surface area contributed by atoms with Crippen molar-refractivity contribution in [3.8, 4) is 0 Å². The molecule has 36 heavy (non-hydrogen) atoms. The van der Waals surface area contributed by atoms with Crippen LogP contribution in [0, 0.1) is 0 Å². The topological polar surface area (TPSA) is 142 Å². The minimum absolute atomic E-state index is 0.0456. The number of nitrogens with zero attached hydrogens (tertiary/aromatic N) is 6. The van der Waals surface area contributed by atoms with Crippen molar-refractivity contribution < 1.29 is 32.6 Å². The van der Waals surface area contributed by atoms with Crippen molar-refractivity contribution in [1.29, 1.82) is 0 Å². The van der Waals surface area contributed by atoms with Gasteiger partial charge >= 0.3 is 18.2 Å². The fourth-order valence-corrected chi connectivity index (χ4v) is 3.57. The molecule has 4 rings (SSSR count). The van der Waals surface area contributed by atoms with Crippen LogP contribution in [0.25, 0.3) is 22.1 Å². The predicted octanol–water partition coefficient (Wildman–Crippen LogP) is 3.01. The number of ether oxygens (including phenoxy) is 1. The van der Waals surface area contributed by atoms with E-state index in [1.165, 1.54) is 12.4 Å². The van der Waals surface area contributed by atoms with E-state index in [4.69, 9.17) is 4.74 Å². The molecule has 0 radical (unpaired) electrons. The van der Waals surface area contributed by atoms with Crippen molar-refractivity contribution >= 4 is 34.1 Å². The zero-order valence-electron chi connectivity index (χ0n) is 19.2. The van der Waals surface area contributed by atoms with Gasteiger partial charge in [-0.1, -0.05) is 0 Å². The van der Waals surface area contributed by atoms with Crippen molar-refractivity contribution in [2.24, 2.45) is 0 Å². The number of rotatable bonds is 4. The second-order valence-corrected chi connectivity index (χ2v) is 8.77. The summed E-state index contributed by atoms with van der Waals surface area (Å²) in [4.78, 5) is 49.5. The molecular formula is C22H19F3N6O5. The monoisotopic (exact) mass is 504 g/mol. The smallest absolute Gasteiger partial charge is 0.417 e. The number of carbonyl (C=O) groups is 2. The molecule has 0 spiro atoms. The van der Waals surface area contributed by atoms with E-state index < -0.39 is 41.5 Å². The molecule has 0 saturated heterocycles. The Bertz CT molecular complexity index is 1570. The molecule has 1 aromatic carbocycles. The molecule has 0 aliphatic heterocycles.